The quantitative estimate of drug-likeness (QED) is 0.434. The fourth-order valence-corrected chi connectivity index (χ4v) is 4.86. The number of pyridine rings is 2. The molecule has 0 unspecified atom stereocenters. The van der Waals surface area contributed by atoms with Gasteiger partial charge in [0.1, 0.15) is 0 Å². The third kappa shape index (κ3) is 3.62. The number of benzene rings is 1. The first-order valence-corrected chi connectivity index (χ1v) is 11.5. The summed E-state index contributed by atoms with van der Waals surface area (Å²) >= 11 is 0. The molecule has 1 amide bonds. The number of aliphatic hydroxyl groups excluding tert-OH is 1. The van der Waals surface area contributed by atoms with Gasteiger partial charge < -0.3 is 14.7 Å². The second-order valence-corrected chi connectivity index (χ2v) is 8.72. The Labute approximate surface area is 195 Å². The molecule has 1 aliphatic rings. The first-order chi connectivity index (χ1) is 16.7. The van der Waals surface area contributed by atoms with Gasteiger partial charge in [-0.1, -0.05) is 18.2 Å². The molecular formula is C26H24N6O2. The molecule has 0 bridgehead atoms. The van der Waals surface area contributed by atoms with E-state index in [2.05, 4.69) is 24.6 Å². The van der Waals surface area contributed by atoms with Crippen LogP contribution in [0, 0.1) is 0 Å². The minimum atomic E-state index is -0.340. The van der Waals surface area contributed by atoms with Crippen LogP contribution in [0.2, 0.25) is 0 Å². The number of amides is 1. The van der Waals surface area contributed by atoms with Crippen molar-refractivity contribution in [3.05, 3.63) is 84.2 Å². The molecule has 2 N–H and O–H groups in total. The van der Waals surface area contributed by atoms with E-state index in [1.54, 1.807) is 29.0 Å². The largest absolute Gasteiger partial charge is 0.393 e. The van der Waals surface area contributed by atoms with Crippen molar-refractivity contribution in [1.29, 1.82) is 0 Å². The van der Waals surface area contributed by atoms with Gasteiger partial charge in [-0.15, -0.1) is 0 Å². The maximum absolute atomic E-state index is 13.3. The van der Waals surface area contributed by atoms with E-state index in [1.165, 1.54) is 0 Å². The van der Waals surface area contributed by atoms with Crippen LogP contribution in [0.5, 0.6) is 0 Å². The second kappa shape index (κ2) is 8.39. The van der Waals surface area contributed by atoms with Crippen LogP contribution in [-0.2, 0) is 0 Å². The summed E-state index contributed by atoms with van der Waals surface area (Å²) in [7, 11) is 0. The molecule has 6 rings (SSSR count). The number of carbonyl (C=O) groups excluding carboxylic acids is 1. The number of para-hydroxylation sites is 2. The topological polar surface area (TPSA) is 101 Å². The number of fused-ring (bicyclic) bond motifs is 2. The molecule has 1 fully saturated rings. The van der Waals surface area contributed by atoms with Crippen molar-refractivity contribution in [1.82, 2.24) is 24.1 Å². The molecule has 170 valence electrons. The van der Waals surface area contributed by atoms with Gasteiger partial charge in [-0.3, -0.25) is 9.78 Å². The third-order valence-electron chi connectivity index (χ3n) is 6.57. The molecule has 1 saturated carbocycles. The minimum absolute atomic E-state index is 0.177. The standard InChI is InChI=1S/C26H24N6O2/c33-20-10-8-18(9-11-20)31-23-6-2-1-5-21(23)29-26(31)30-25(34)17-12-14-27-22(16-17)24-7-3-4-19-13-15-28-32(19)24/h1-7,12-16,18,20,33H,8-11H2,(H,29,30,34)/t18-,20+. The highest BCUT2D eigenvalue weighted by Gasteiger charge is 2.23. The van der Waals surface area contributed by atoms with Crippen molar-refractivity contribution < 1.29 is 9.90 Å². The van der Waals surface area contributed by atoms with Gasteiger partial charge in [0.05, 0.1) is 40.2 Å². The molecule has 5 aromatic rings. The zero-order valence-corrected chi connectivity index (χ0v) is 18.5. The van der Waals surface area contributed by atoms with E-state index in [0.29, 0.717) is 16.9 Å². The highest BCUT2D eigenvalue weighted by molar-refractivity contribution is 5.95. The Kier molecular flexibility index (Phi) is 5.07. The molecule has 0 aliphatic heterocycles. The van der Waals surface area contributed by atoms with Crippen molar-refractivity contribution in [2.45, 2.75) is 37.8 Å². The molecule has 1 aromatic carbocycles. The maximum atomic E-state index is 13.3. The Morgan fingerprint density at radius 3 is 2.74 bits per heavy atom. The predicted molar refractivity (Wildman–Crippen MR) is 128 cm³/mol. The van der Waals surface area contributed by atoms with Crippen LogP contribution in [0.15, 0.2) is 78.0 Å². The van der Waals surface area contributed by atoms with Crippen molar-refractivity contribution in [2.24, 2.45) is 4.99 Å². The summed E-state index contributed by atoms with van der Waals surface area (Å²) in [6.45, 7) is 0. The monoisotopic (exact) mass is 452 g/mol. The van der Waals surface area contributed by atoms with Gasteiger partial charge in [0.15, 0.2) is 0 Å². The van der Waals surface area contributed by atoms with Gasteiger partial charge in [-0.05, 0) is 68.1 Å². The average molecular weight is 453 g/mol. The zero-order valence-electron chi connectivity index (χ0n) is 18.5. The molecule has 34 heavy (non-hydrogen) atoms. The van der Waals surface area contributed by atoms with E-state index >= 15 is 0 Å². The maximum Gasteiger partial charge on any atom is 0.280 e. The van der Waals surface area contributed by atoms with Crippen molar-refractivity contribution in [3.8, 4) is 11.4 Å². The molecule has 1 aliphatic carbocycles. The first kappa shape index (κ1) is 20.6. The summed E-state index contributed by atoms with van der Waals surface area (Å²) in [6, 6.07) is 19.4. The number of aliphatic hydroxyl groups is 1. The summed E-state index contributed by atoms with van der Waals surface area (Å²) in [5.41, 5.74) is 5.34. The van der Waals surface area contributed by atoms with Crippen LogP contribution in [0.3, 0.4) is 0 Å². The Morgan fingerprint density at radius 1 is 1.00 bits per heavy atom. The summed E-state index contributed by atoms with van der Waals surface area (Å²) < 4.78 is 3.92. The van der Waals surface area contributed by atoms with Gasteiger partial charge in [0, 0.05) is 17.8 Å². The van der Waals surface area contributed by atoms with Crippen LogP contribution in [-0.4, -0.2) is 41.3 Å². The van der Waals surface area contributed by atoms with Gasteiger partial charge in [0.25, 0.3) is 5.91 Å². The fraction of sp³-hybridized carbons (Fsp3) is 0.231. The van der Waals surface area contributed by atoms with Gasteiger partial charge >= 0.3 is 0 Å². The molecule has 4 aromatic heterocycles. The number of hydrogen-bond donors (Lipinski definition) is 2. The number of aromatic amines is 1. The molecule has 0 spiro atoms. The van der Waals surface area contributed by atoms with E-state index < -0.39 is 0 Å². The number of nitrogens with one attached hydrogen (secondary N) is 1. The Hall–Kier alpha value is -4.04. The van der Waals surface area contributed by atoms with Crippen LogP contribution >= 0.6 is 0 Å². The molecule has 0 atom stereocenters. The number of H-pyrrole nitrogens is 1. The van der Waals surface area contributed by atoms with Crippen molar-refractivity contribution in [2.75, 3.05) is 0 Å². The summed E-state index contributed by atoms with van der Waals surface area (Å²) in [5, 5.41) is 14.3. The molecule has 8 heteroatoms. The van der Waals surface area contributed by atoms with E-state index in [9.17, 15) is 9.90 Å². The molecular weight excluding hydrogens is 428 g/mol. The predicted octanol–water partition coefficient (Wildman–Crippen LogP) is 3.90. The lowest BCUT2D eigenvalue weighted by Crippen LogP contribution is -2.29. The van der Waals surface area contributed by atoms with E-state index in [4.69, 9.17) is 0 Å². The Morgan fingerprint density at radius 2 is 1.85 bits per heavy atom. The number of rotatable bonds is 3. The van der Waals surface area contributed by atoms with Crippen LogP contribution in [0.1, 0.15) is 42.1 Å². The lowest BCUT2D eigenvalue weighted by Gasteiger charge is -2.27. The number of aromatic nitrogens is 5. The number of nitrogens with zero attached hydrogens (tertiary/aromatic N) is 5. The zero-order chi connectivity index (χ0) is 23.1. The van der Waals surface area contributed by atoms with Crippen LogP contribution in [0.4, 0.5) is 0 Å². The van der Waals surface area contributed by atoms with Crippen LogP contribution < -0.4 is 5.62 Å². The number of carbonyl (C=O) groups is 1. The summed E-state index contributed by atoms with van der Waals surface area (Å²) in [5.74, 6) is -0.340. The Balaban J connectivity index is 1.42. The lowest BCUT2D eigenvalue weighted by molar-refractivity contribution is 0.0990. The van der Waals surface area contributed by atoms with E-state index in [0.717, 1.165) is 47.9 Å². The number of imidazole rings is 1. The smallest absolute Gasteiger partial charge is 0.280 e. The first-order valence-electron chi connectivity index (χ1n) is 11.5. The van der Waals surface area contributed by atoms with Gasteiger partial charge in [0.2, 0.25) is 5.62 Å². The van der Waals surface area contributed by atoms with Gasteiger partial charge in [-0.25, -0.2) is 4.52 Å². The summed E-state index contributed by atoms with van der Waals surface area (Å²) in [6.07, 6.45) is 6.30. The molecule has 8 nitrogen and oxygen atoms in total. The molecule has 0 radical (unpaired) electrons. The Bertz CT molecular complexity index is 1570. The third-order valence-corrected chi connectivity index (χ3v) is 6.57. The van der Waals surface area contributed by atoms with Crippen LogP contribution in [0.25, 0.3) is 27.9 Å². The lowest BCUT2D eigenvalue weighted by atomic mass is 9.93. The highest BCUT2D eigenvalue weighted by Crippen LogP contribution is 2.29. The molecule has 4 heterocycles. The fourth-order valence-electron chi connectivity index (χ4n) is 4.86. The average Bonchev–Trinajstić information content (AvgIpc) is 3.49. The highest BCUT2D eigenvalue weighted by atomic mass is 16.3. The number of hydrogen-bond acceptors (Lipinski definition) is 4. The van der Waals surface area contributed by atoms with Gasteiger partial charge in [-0.2, -0.15) is 10.1 Å². The van der Waals surface area contributed by atoms with E-state index in [1.807, 2.05) is 48.5 Å². The summed E-state index contributed by atoms with van der Waals surface area (Å²) in [4.78, 5) is 25.6. The molecule has 0 saturated heterocycles. The van der Waals surface area contributed by atoms with Crippen molar-refractivity contribution in [3.63, 3.8) is 0 Å². The van der Waals surface area contributed by atoms with Crippen molar-refractivity contribution >= 4 is 22.5 Å². The second-order valence-electron chi connectivity index (χ2n) is 8.72. The van der Waals surface area contributed by atoms with E-state index in [-0.39, 0.29) is 18.1 Å². The minimum Gasteiger partial charge on any atom is -0.393 e. The SMILES string of the molecule is O=C(/N=c1\[nH]c2ccccc2n1[C@H]1CC[C@@H](O)CC1)c1ccnc(-c2cccc3ccnn23)c1. The normalized spacial score (nSPS) is 19.1.